The topological polar surface area (TPSA) is 89.1 Å². The number of thiazole rings is 1. The molecule has 0 spiro atoms. The monoisotopic (exact) mass is 461 g/mol. The van der Waals surface area contributed by atoms with E-state index in [0.717, 1.165) is 28.9 Å². The van der Waals surface area contributed by atoms with Gasteiger partial charge in [0.1, 0.15) is 26.7 Å². The van der Waals surface area contributed by atoms with Gasteiger partial charge in [-0.05, 0) is 68.0 Å². The fraction of sp³-hybridized carbons (Fsp3) is 0.269. The third-order valence-electron chi connectivity index (χ3n) is 6.51. The van der Waals surface area contributed by atoms with E-state index < -0.39 is 11.5 Å². The number of carboxylic acids is 1. The van der Waals surface area contributed by atoms with Crippen molar-refractivity contribution < 1.29 is 14.3 Å². The van der Waals surface area contributed by atoms with E-state index in [1.54, 1.807) is 12.1 Å². The van der Waals surface area contributed by atoms with Crippen molar-refractivity contribution in [1.82, 2.24) is 9.97 Å². The second-order valence-electron chi connectivity index (χ2n) is 9.02. The first kappa shape index (κ1) is 21.7. The Morgan fingerprint density at radius 1 is 1.15 bits per heavy atom. The molecule has 168 valence electrons. The third-order valence-corrected chi connectivity index (χ3v) is 7.51. The molecular formula is C26H24FN3O2S. The van der Waals surface area contributed by atoms with Gasteiger partial charge in [-0.15, -0.1) is 0 Å². The number of pyridine rings is 1. The Hall–Kier alpha value is -3.16. The molecule has 0 bridgehead atoms. The maximum Gasteiger partial charge on any atom is 0.323 e. The lowest BCUT2D eigenvalue weighted by molar-refractivity contribution is -0.142. The lowest BCUT2D eigenvalue weighted by Crippen LogP contribution is -2.45. The van der Waals surface area contributed by atoms with Gasteiger partial charge >= 0.3 is 5.97 Å². The summed E-state index contributed by atoms with van der Waals surface area (Å²) in [5.41, 5.74) is 8.61. The first-order valence-corrected chi connectivity index (χ1v) is 11.7. The van der Waals surface area contributed by atoms with E-state index in [4.69, 9.17) is 15.8 Å². The van der Waals surface area contributed by atoms with Gasteiger partial charge in [-0.3, -0.25) is 4.79 Å². The van der Waals surface area contributed by atoms with Gasteiger partial charge in [0.15, 0.2) is 0 Å². The highest BCUT2D eigenvalue weighted by atomic mass is 32.1. The number of halogens is 1. The van der Waals surface area contributed by atoms with E-state index in [1.807, 2.05) is 18.2 Å². The average molecular weight is 462 g/mol. The number of hydrogen-bond acceptors (Lipinski definition) is 5. The van der Waals surface area contributed by atoms with Crippen molar-refractivity contribution >= 4 is 27.7 Å². The Kier molecular flexibility index (Phi) is 5.26. The highest BCUT2D eigenvalue weighted by Gasteiger charge is 2.47. The Labute approximate surface area is 195 Å². The summed E-state index contributed by atoms with van der Waals surface area (Å²) in [6.45, 7) is 1.46. The molecule has 7 heteroatoms. The van der Waals surface area contributed by atoms with Crippen molar-refractivity contribution in [1.29, 1.82) is 0 Å². The van der Waals surface area contributed by atoms with Crippen LogP contribution in [0.5, 0.6) is 0 Å². The Morgan fingerprint density at radius 2 is 1.91 bits per heavy atom. The molecule has 4 aromatic rings. The van der Waals surface area contributed by atoms with Crippen molar-refractivity contribution in [2.24, 2.45) is 5.73 Å². The van der Waals surface area contributed by atoms with E-state index in [1.165, 1.54) is 29.9 Å². The number of carboxylic acid groups (broad SMARTS) is 1. The Balaban J connectivity index is 1.41. The molecule has 2 aromatic carbocycles. The van der Waals surface area contributed by atoms with Gasteiger partial charge in [-0.1, -0.05) is 47.7 Å². The van der Waals surface area contributed by atoms with E-state index in [-0.39, 0.29) is 17.7 Å². The second kappa shape index (κ2) is 8.01. The molecule has 1 atom stereocenters. The van der Waals surface area contributed by atoms with Crippen LogP contribution < -0.4 is 5.73 Å². The molecule has 0 unspecified atom stereocenters. The van der Waals surface area contributed by atoms with Crippen LogP contribution in [0.25, 0.3) is 20.9 Å². The van der Waals surface area contributed by atoms with Gasteiger partial charge in [-0.25, -0.2) is 14.4 Å². The summed E-state index contributed by atoms with van der Waals surface area (Å²) in [5, 5.41) is 9.74. The van der Waals surface area contributed by atoms with Crippen molar-refractivity contribution in [2.75, 3.05) is 0 Å². The normalized spacial score (nSPS) is 16.5. The van der Waals surface area contributed by atoms with Gasteiger partial charge in [-0.2, -0.15) is 0 Å². The molecule has 1 aliphatic carbocycles. The van der Waals surface area contributed by atoms with Crippen LogP contribution >= 0.6 is 11.3 Å². The second-order valence-corrected chi connectivity index (χ2v) is 10.0. The van der Waals surface area contributed by atoms with Gasteiger partial charge in [0.05, 0.1) is 5.69 Å². The smallest absolute Gasteiger partial charge is 0.323 e. The zero-order valence-corrected chi connectivity index (χ0v) is 19.0. The molecule has 0 radical (unpaired) electrons. The van der Waals surface area contributed by atoms with E-state index in [9.17, 15) is 9.18 Å². The van der Waals surface area contributed by atoms with Crippen LogP contribution in [0.2, 0.25) is 0 Å². The molecule has 1 aliphatic rings. The average Bonchev–Trinajstić information content (AvgIpc) is 3.51. The molecule has 33 heavy (non-hydrogen) atoms. The Bertz CT molecular complexity index is 1350. The first-order chi connectivity index (χ1) is 15.8. The first-order valence-electron chi connectivity index (χ1n) is 10.9. The largest absolute Gasteiger partial charge is 0.480 e. The summed E-state index contributed by atoms with van der Waals surface area (Å²) in [5.74, 6) is -1.45. The molecule has 0 aliphatic heterocycles. The molecule has 0 amide bonds. The summed E-state index contributed by atoms with van der Waals surface area (Å²) in [6, 6.07) is 19.4. The number of fused-ring (bicyclic) bond motifs is 1. The molecular weight excluding hydrogens is 437 g/mol. The molecule has 2 heterocycles. The predicted molar refractivity (Wildman–Crippen MR) is 128 cm³/mol. The zero-order valence-electron chi connectivity index (χ0n) is 18.2. The summed E-state index contributed by atoms with van der Waals surface area (Å²) in [4.78, 5) is 21.5. The fourth-order valence-electron chi connectivity index (χ4n) is 4.17. The number of nitrogens with zero attached hydrogens (tertiary/aromatic N) is 2. The molecule has 1 fully saturated rings. The molecule has 2 aromatic heterocycles. The van der Waals surface area contributed by atoms with Gasteiger partial charge in [0.2, 0.25) is 0 Å². The summed E-state index contributed by atoms with van der Waals surface area (Å²) in [7, 11) is 0. The van der Waals surface area contributed by atoms with Crippen LogP contribution in [0.4, 0.5) is 4.39 Å². The van der Waals surface area contributed by atoms with Crippen LogP contribution in [-0.2, 0) is 16.6 Å². The number of aliphatic carboxylic acids is 1. The quantitative estimate of drug-likeness (QED) is 0.389. The number of benzene rings is 2. The van der Waals surface area contributed by atoms with Crippen LogP contribution in [0.15, 0.2) is 60.7 Å². The number of nitrogens with two attached hydrogens (primary N) is 1. The highest BCUT2D eigenvalue weighted by molar-refractivity contribution is 7.21. The van der Waals surface area contributed by atoms with Crippen molar-refractivity contribution in [3.05, 3.63) is 83.3 Å². The van der Waals surface area contributed by atoms with E-state index in [2.05, 4.69) is 29.2 Å². The minimum absolute atomic E-state index is 0.0278. The molecule has 5 rings (SSSR count). The minimum atomic E-state index is -1.34. The maximum absolute atomic E-state index is 14.9. The third kappa shape index (κ3) is 4.03. The van der Waals surface area contributed by atoms with E-state index >= 15 is 0 Å². The standard InChI is InChI=1S/C26H24FN3O2S/c1-25(28,24(31)32)12-11-16-7-8-18(19(27)15-16)22-29-20-9-10-21(30-23(20)33-22)26(13-14-26)17-5-3-2-4-6-17/h2-10,15H,11-14,28H2,1H3,(H,31,32)/t25-/m1/s1. The highest BCUT2D eigenvalue weighted by Crippen LogP contribution is 2.53. The SMILES string of the molecule is C[C@@](N)(CCc1ccc(-c2nc3ccc(C4(c5ccccc5)CC4)nc3s2)c(F)c1)C(=O)O. The number of rotatable bonds is 7. The molecule has 5 nitrogen and oxygen atoms in total. The number of aryl methyl sites for hydroxylation is 1. The van der Waals surface area contributed by atoms with Crippen molar-refractivity contribution in [3.8, 4) is 10.6 Å². The maximum atomic E-state index is 14.9. The number of carbonyl (C=O) groups is 1. The van der Waals surface area contributed by atoms with Crippen molar-refractivity contribution in [2.45, 2.75) is 43.6 Å². The summed E-state index contributed by atoms with van der Waals surface area (Å²) >= 11 is 1.39. The lowest BCUT2D eigenvalue weighted by Gasteiger charge is -2.18. The molecule has 3 N–H and O–H groups in total. The number of aromatic nitrogens is 2. The van der Waals surface area contributed by atoms with Crippen molar-refractivity contribution in [3.63, 3.8) is 0 Å². The molecule has 0 saturated heterocycles. The summed E-state index contributed by atoms with van der Waals surface area (Å²) in [6.07, 6.45) is 2.74. The van der Waals surface area contributed by atoms with Crippen LogP contribution in [0, 0.1) is 5.82 Å². The van der Waals surface area contributed by atoms with Gasteiger partial charge in [0.25, 0.3) is 0 Å². The zero-order chi connectivity index (χ0) is 23.2. The van der Waals surface area contributed by atoms with Gasteiger partial charge in [0, 0.05) is 11.0 Å². The predicted octanol–water partition coefficient (Wildman–Crippen LogP) is 5.31. The van der Waals surface area contributed by atoms with Crippen LogP contribution in [0.1, 0.15) is 43.0 Å². The summed E-state index contributed by atoms with van der Waals surface area (Å²) < 4.78 is 14.9. The Morgan fingerprint density at radius 3 is 2.58 bits per heavy atom. The number of hydrogen-bond donors (Lipinski definition) is 2. The fourth-order valence-corrected chi connectivity index (χ4v) is 5.14. The van der Waals surface area contributed by atoms with Gasteiger partial charge < -0.3 is 10.8 Å². The van der Waals surface area contributed by atoms with Crippen LogP contribution in [0.3, 0.4) is 0 Å². The van der Waals surface area contributed by atoms with E-state index in [0.29, 0.717) is 22.6 Å². The van der Waals surface area contributed by atoms with Crippen LogP contribution in [-0.4, -0.2) is 26.6 Å². The lowest BCUT2D eigenvalue weighted by atomic mass is 9.92. The molecule has 1 saturated carbocycles. The minimum Gasteiger partial charge on any atom is -0.480 e.